The Bertz CT molecular complexity index is 175. The molecule has 0 aromatic carbocycles. The van der Waals surface area contributed by atoms with Crippen LogP contribution < -0.4 is 0 Å². The maximum Gasteiger partial charge on any atom is 0.344 e. The molecule has 0 radical (unpaired) electrons. The zero-order valence-electron chi connectivity index (χ0n) is 6.20. The van der Waals surface area contributed by atoms with E-state index >= 15 is 0 Å². The Hall–Kier alpha value is -0.350. The van der Waals surface area contributed by atoms with E-state index in [2.05, 4.69) is 0 Å². The van der Waals surface area contributed by atoms with E-state index in [4.69, 9.17) is 5.11 Å². The minimum atomic E-state index is -1.08. The number of halogens is 1. The van der Waals surface area contributed by atoms with Crippen molar-refractivity contribution < 1.29 is 14.1 Å². The molecule has 0 aliphatic heterocycles. The lowest BCUT2D eigenvalue weighted by Crippen LogP contribution is -2.11. The highest BCUT2D eigenvalue weighted by molar-refractivity contribution is 7.68. The second-order valence-corrected chi connectivity index (χ2v) is 2.57. The molecule has 0 aliphatic carbocycles. The van der Waals surface area contributed by atoms with Crippen LogP contribution >= 0.6 is 12.4 Å². The molecule has 0 fully saturated rings. The van der Waals surface area contributed by atoms with E-state index in [9.17, 15) is 9.00 Å². The first-order valence-electron chi connectivity index (χ1n) is 3.11. The Kier molecular flexibility index (Phi) is 9.34. The van der Waals surface area contributed by atoms with Crippen LogP contribution in [0.25, 0.3) is 0 Å². The van der Waals surface area contributed by atoms with Gasteiger partial charge in [-0.1, -0.05) is 13.3 Å². The van der Waals surface area contributed by atoms with Crippen LogP contribution in [0.4, 0.5) is 0 Å². The van der Waals surface area contributed by atoms with Crippen molar-refractivity contribution in [1.82, 2.24) is 0 Å². The molecule has 0 rings (SSSR count). The van der Waals surface area contributed by atoms with E-state index in [1.165, 1.54) is 0 Å². The molecule has 0 heterocycles. The quantitative estimate of drug-likeness (QED) is 0.688. The molecule has 3 nitrogen and oxygen atoms in total. The van der Waals surface area contributed by atoms with Gasteiger partial charge in [-0.25, -0.2) is 9.00 Å². The van der Waals surface area contributed by atoms with E-state index in [-0.39, 0.29) is 28.5 Å². The lowest BCUT2D eigenvalue weighted by atomic mass is 10.2. The van der Waals surface area contributed by atoms with Crippen molar-refractivity contribution in [2.45, 2.75) is 26.2 Å². The summed E-state index contributed by atoms with van der Waals surface area (Å²) in [6, 6.07) is 0. The van der Waals surface area contributed by atoms with Gasteiger partial charge in [0.05, 0.1) is 11.3 Å². The van der Waals surface area contributed by atoms with Crippen molar-refractivity contribution in [3.8, 4) is 0 Å². The third-order valence-electron chi connectivity index (χ3n) is 1.10. The smallest absolute Gasteiger partial charge is 0.344 e. The largest absolute Gasteiger partial charge is 0.477 e. The highest BCUT2D eigenvalue weighted by Gasteiger charge is 2.06. The van der Waals surface area contributed by atoms with Gasteiger partial charge < -0.3 is 5.11 Å². The molecule has 11 heavy (non-hydrogen) atoms. The summed E-state index contributed by atoms with van der Waals surface area (Å²) in [5.41, 5.74) is 0. The van der Waals surface area contributed by atoms with Crippen molar-refractivity contribution in [1.29, 1.82) is 0 Å². The van der Waals surface area contributed by atoms with Gasteiger partial charge >= 0.3 is 5.97 Å². The Balaban J connectivity index is 0. The molecule has 0 saturated carbocycles. The Morgan fingerprint density at radius 1 is 1.55 bits per heavy atom. The van der Waals surface area contributed by atoms with Gasteiger partial charge in [0.1, 0.15) is 4.86 Å². The van der Waals surface area contributed by atoms with Gasteiger partial charge in [-0.3, -0.25) is 0 Å². The van der Waals surface area contributed by atoms with Crippen LogP contribution in [0.1, 0.15) is 26.2 Å². The van der Waals surface area contributed by atoms with E-state index in [0.29, 0.717) is 6.42 Å². The Morgan fingerprint density at radius 2 is 2.09 bits per heavy atom. The lowest BCUT2D eigenvalue weighted by molar-refractivity contribution is -0.129. The molecule has 0 atom stereocenters. The van der Waals surface area contributed by atoms with Crippen molar-refractivity contribution in [3.05, 3.63) is 0 Å². The average molecular weight is 199 g/mol. The number of hydrogen-bond acceptors (Lipinski definition) is 2. The number of rotatable bonds is 4. The molecule has 0 spiro atoms. The first-order valence-corrected chi connectivity index (χ1v) is 3.85. The normalized spacial score (nSPS) is 8.09. The first kappa shape index (κ1) is 13.3. The fraction of sp³-hybridized carbons (Fsp3) is 0.667. The van der Waals surface area contributed by atoms with Gasteiger partial charge in [-0.05, 0) is 12.8 Å². The number of hydrogen-bond donors (Lipinski definition) is 1. The fourth-order valence-electron chi connectivity index (χ4n) is 0.522. The van der Waals surface area contributed by atoms with Crippen LogP contribution in [0.15, 0.2) is 0 Å². The summed E-state index contributed by atoms with van der Waals surface area (Å²) in [4.78, 5) is 10.2. The summed E-state index contributed by atoms with van der Waals surface area (Å²) in [5.74, 6) is -1.08. The number of aliphatic carboxylic acids is 1. The van der Waals surface area contributed by atoms with Gasteiger partial charge in [0.15, 0.2) is 0 Å². The van der Waals surface area contributed by atoms with E-state index in [0.717, 1.165) is 12.8 Å². The van der Waals surface area contributed by atoms with Crippen LogP contribution in [0.5, 0.6) is 0 Å². The van der Waals surface area contributed by atoms with Gasteiger partial charge in [-0.2, -0.15) is 0 Å². The topological polar surface area (TPSA) is 54.4 Å². The summed E-state index contributed by atoms with van der Waals surface area (Å²) in [6.45, 7) is 1.95. The zero-order valence-corrected chi connectivity index (χ0v) is 7.83. The molecule has 0 aliphatic rings. The summed E-state index contributed by atoms with van der Waals surface area (Å²) in [6.07, 6.45) is 2.09. The maximum atomic E-state index is 10.2. The minimum absolute atomic E-state index is 0. The number of unbranched alkanes of at least 4 members (excludes halogenated alkanes) is 1. The number of carboxylic acid groups (broad SMARTS) is 1. The highest BCUT2D eigenvalue weighted by atomic mass is 35.5. The summed E-state index contributed by atoms with van der Waals surface area (Å²) < 4.78 is 10.1. The van der Waals surface area contributed by atoms with Crippen LogP contribution in [0.2, 0.25) is 0 Å². The molecule has 0 amide bonds. The summed E-state index contributed by atoms with van der Waals surface area (Å²) in [7, 11) is 0. The van der Waals surface area contributed by atoms with E-state index in [1.54, 1.807) is 0 Å². The molecule has 0 unspecified atom stereocenters. The fourth-order valence-corrected chi connectivity index (χ4v) is 0.821. The monoisotopic (exact) mass is 198 g/mol. The van der Waals surface area contributed by atoms with Crippen molar-refractivity contribution in [2.75, 3.05) is 0 Å². The predicted molar refractivity (Wildman–Crippen MR) is 47.6 cm³/mol. The Morgan fingerprint density at radius 3 is 2.36 bits per heavy atom. The predicted octanol–water partition coefficient (Wildman–Crippen LogP) is 1.07. The van der Waals surface area contributed by atoms with Crippen molar-refractivity contribution >= 4 is 34.5 Å². The van der Waals surface area contributed by atoms with E-state index in [1.807, 2.05) is 6.92 Å². The van der Waals surface area contributed by atoms with Crippen molar-refractivity contribution in [3.63, 3.8) is 0 Å². The summed E-state index contributed by atoms with van der Waals surface area (Å²) >= 11 is 0.0851. The van der Waals surface area contributed by atoms with Gasteiger partial charge in [0.2, 0.25) is 0 Å². The lowest BCUT2D eigenvalue weighted by Gasteiger charge is -1.92. The van der Waals surface area contributed by atoms with Gasteiger partial charge in [-0.15, -0.1) is 12.4 Å². The Labute approximate surface area is 75.3 Å². The van der Waals surface area contributed by atoms with Crippen molar-refractivity contribution in [2.24, 2.45) is 0 Å². The molecular weight excluding hydrogens is 188 g/mol. The number of carboxylic acids is 1. The van der Waals surface area contributed by atoms with E-state index < -0.39 is 5.97 Å². The van der Waals surface area contributed by atoms with Crippen LogP contribution in [-0.4, -0.2) is 20.1 Å². The minimum Gasteiger partial charge on any atom is -0.477 e. The third kappa shape index (κ3) is 6.06. The van der Waals surface area contributed by atoms with Crippen LogP contribution in [0, 0.1) is 0 Å². The molecule has 0 aromatic rings. The molecule has 1 N–H and O–H groups in total. The molecular formula is C6H11ClO3S. The molecule has 66 valence electrons. The van der Waals surface area contributed by atoms with Crippen LogP contribution in [0.3, 0.4) is 0 Å². The molecule has 0 saturated heterocycles. The standard InChI is InChI=1S/C6H10O3S.ClH/c1-2-3-4-5(10-9)6(7)8;/h2-4H2,1H3,(H,7,8);1H. The first-order chi connectivity index (χ1) is 4.72. The maximum absolute atomic E-state index is 10.2. The molecule has 0 bridgehead atoms. The van der Waals surface area contributed by atoms with Crippen LogP contribution in [-0.2, 0) is 16.1 Å². The van der Waals surface area contributed by atoms with Gasteiger partial charge in [0.25, 0.3) is 0 Å². The SMILES string of the molecule is CCCCC(=S=O)C(=O)O.Cl. The average Bonchev–Trinajstić information content (AvgIpc) is 1.89. The third-order valence-corrected chi connectivity index (χ3v) is 1.68. The van der Waals surface area contributed by atoms with Gasteiger partial charge in [0, 0.05) is 0 Å². The molecule has 0 aromatic heterocycles. The summed E-state index contributed by atoms with van der Waals surface area (Å²) in [5, 5.41) is 8.34. The second-order valence-electron chi connectivity index (χ2n) is 1.92. The molecule has 5 heteroatoms. The second kappa shape index (κ2) is 7.75. The zero-order chi connectivity index (χ0) is 7.98. The highest BCUT2D eigenvalue weighted by Crippen LogP contribution is 1.94. The number of carbonyl (C=O) groups is 1.